The number of rotatable bonds is 3. The molecular formula is C15H21NO3. The van der Waals surface area contributed by atoms with Gasteiger partial charge in [-0.25, -0.2) is 4.79 Å². The Labute approximate surface area is 114 Å². The molecule has 4 heteroatoms. The SMILES string of the molecule is CN(C(=O)OC1CCCCC1)c1ccc(CO)cc1. The van der Waals surface area contributed by atoms with Gasteiger partial charge in [-0.2, -0.15) is 0 Å². The Morgan fingerprint density at radius 1 is 1.26 bits per heavy atom. The van der Waals surface area contributed by atoms with Crippen LogP contribution in [0.5, 0.6) is 0 Å². The van der Waals surface area contributed by atoms with Crippen LogP contribution < -0.4 is 4.90 Å². The van der Waals surface area contributed by atoms with Crippen LogP contribution in [0.1, 0.15) is 37.7 Å². The summed E-state index contributed by atoms with van der Waals surface area (Å²) in [4.78, 5) is 13.5. The molecule has 0 saturated heterocycles. The number of aliphatic hydroxyl groups is 1. The maximum Gasteiger partial charge on any atom is 0.414 e. The molecule has 1 fully saturated rings. The molecule has 2 rings (SSSR count). The molecule has 0 bridgehead atoms. The minimum Gasteiger partial charge on any atom is -0.446 e. The van der Waals surface area contributed by atoms with Crippen molar-refractivity contribution in [2.75, 3.05) is 11.9 Å². The van der Waals surface area contributed by atoms with Gasteiger partial charge in [0.15, 0.2) is 0 Å². The molecule has 0 heterocycles. The van der Waals surface area contributed by atoms with Crippen LogP contribution in [0.2, 0.25) is 0 Å². The number of hydrogen-bond donors (Lipinski definition) is 1. The number of carbonyl (C=O) groups excluding carboxylic acids is 1. The van der Waals surface area contributed by atoms with E-state index in [0.717, 1.165) is 36.9 Å². The van der Waals surface area contributed by atoms with Crippen molar-refractivity contribution < 1.29 is 14.6 Å². The lowest BCUT2D eigenvalue weighted by Crippen LogP contribution is -2.31. The largest absolute Gasteiger partial charge is 0.446 e. The number of nitrogens with zero attached hydrogens (tertiary/aromatic N) is 1. The van der Waals surface area contributed by atoms with Gasteiger partial charge in [0.05, 0.1) is 6.61 Å². The second-order valence-electron chi connectivity index (χ2n) is 5.03. The monoisotopic (exact) mass is 263 g/mol. The summed E-state index contributed by atoms with van der Waals surface area (Å²) >= 11 is 0. The molecular weight excluding hydrogens is 242 g/mol. The highest BCUT2D eigenvalue weighted by atomic mass is 16.6. The minimum absolute atomic E-state index is 0.0104. The summed E-state index contributed by atoms with van der Waals surface area (Å²) in [7, 11) is 1.71. The van der Waals surface area contributed by atoms with Gasteiger partial charge in [-0.05, 0) is 43.4 Å². The topological polar surface area (TPSA) is 49.8 Å². The molecule has 0 radical (unpaired) electrons. The molecule has 4 nitrogen and oxygen atoms in total. The van der Waals surface area contributed by atoms with Gasteiger partial charge in [-0.1, -0.05) is 18.6 Å². The predicted molar refractivity (Wildman–Crippen MR) is 74.1 cm³/mol. The summed E-state index contributed by atoms with van der Waals surface area (Å²) in [5, 5.41) is 8.99. The number of anilines is 1. The number of aliphatic hydroxyl groups excluding tert-OH is 1. The second-order valence-corrected chi connectivity index (χ2v) is 5.03. The van der Waals surface area contributed by atoms with Crippen LogP contribution in [-0.2, 0) is 11.3 Å². The first-order valence-electron chi connectivity index (χ1n) is 6.85. The molecule has 104 valence electrons. The molecule has 0 aromatic heterocycles. The molecule has 19 heavy (non-hydrogen) atoms. The highest BCUT2D eigenvalue weighted by molar-refractivity contribution is 5.87. The van der Waals surface area contributed by atoms with Crippen molar-refractivity contribution in [2.24, 2.45) is 0 Å². The van der Waals surface area contributed by atoms with Crippen LogP contribution in [0, 0.1) is 0 Å². The van der Waals surface area contributed by atoms with Crippen molar-refractivity contribution in [3.8, 4) is 0 Å². The van der Waals surface area contributed by atoms with Crippen LogP contribution in [0.4, 0.5) is 10.5 Å². The molecule has 1 aromatic carbocycles. The molecule has 0 aliphatic heterocycles. The van der Waals surface area contributed by atoms with Crippen LogP contribution in [-0.4, -0.2) is 24.4 Å². The number of carbonyl (C=O) groups is 1. The normalized spacial score (nSPS) is 16.1. The first-order valence-corrected chi connectivity index (χ1v) is 6.85. The van der Waals surface area contributed by atoms with Crippen molar-refractivity contribution >= 4 is 11.8 Å². The lowest BCUT2D eigenvalue weighted by Gasteiger charge is -2.25. The van der Waals surface area contributed by atoms with E-state index in [1.165, 1.54) is 11.3 Å². The Balaban J connectivity index is 1.93. The standard InChI is InChI=1S/C15H21NO3/c1-16(13-9-7-12(11-17)8-10-13)15(18)19-14-5-3-2-4-6-14/h7-10,14,17H,2-6,11H2,1H3. The van der Waals surface area contributed by atoms with Crippen LogP contribution in [0.15, 0.2) is 24.3 Å². The fraction of sp³-hybridized carbons (Fsp3) is 0.533. The summed E-state index contributed by atoms with van der Waals surface area (Å²) in [6.07, 6.45) is 5.25. The summed E-state index contributed by atoms with van der Waals surface area (Å²) in [5.74, 6) is 0. The molecule has 1 aliphatic carbocycles. The predicted octanol–water partition coefficient (Wildman–Crippen LogP) is 3.08. The smallest absolute Gasteiger partial charge is 0.414 e. The van der Waals surface area contributed by atoms with Gasteiger partial charge in [-0.15, -0.1) is 0 Å². The van der Waals surface area contributed by atoms with Crippen molar-refractivity contribution in [2.45, 2.75) is 44.8 Å². The molecule has 1 aromatic rings. The first-order chi connectivity index (χ1) is 9.20. The van der Waals surface area contributed by atoms with Gasteiger partial charge in [0.2, 0.25) is 0 Å². The van der Waals surface area contributed by atoms with Gasteiger partial charge in [-0.3, -0.25) is 4.90 Å². The van der Waals surface area contributed by atoms with Crippen molar-refractivity contribution in [1.29, 1.82) is 0 Å². The number of ether oxygens (including phenoxy) is 1. The molecule has 1 aliphatic rings. The van der Waals surface area contributed by atoms with E-state index in [4.69, 9.17) is 9.84 Å². The van der Waals surface area contributed by atoms with Gasteiger partial charge >= 0.3 is 6.09 Å². The third-order valence-corrected chi connectivity index (χ3v) is 3.60. The van der Waals surface area contributed by atoms with Crippen LogP contribution in [0.25, 0.3) is 0 Å². The van der Waals surface area contributed by atoms with Crippen molar-refractivity contribution in [3.05, 3.63) is 29.8 Å². The zero-order valence-corrected chi connectivity index (χ0v) is 11.3. The van der Waals surface area contributed by atoms with E-state index >= 15 is 0 Å². The highest BCUT2D eigenvalue weighted by Crippen LogP contribution is 2.22. The fourth-order valence-electron chi connectivity index (χ4n) is 2.33. The van der Waals surface area contributed by atoms with Crippen molar-refractivity contribution in [1.82, 2.24) is 0 Å². The second kappa shape index (κ2) is 6.57. The van der Waals surface area contributed by atoms with E-state index < -0.39 is 0 Å². The summed E-state index contributed by atoms with van der Waals surface area (Å²) in [6.45, 7) is 0.0104. The Morgan fingerprint density at radius 2 is 1.89 bits per heavy atom. The van der Waals surface area contributed by atoms with Gasteiger partial charge in [0, 0.05) is 12.7 Å². The number of hydrogen-bond acceptors (Lipinski definition) is 3. The van der Waals surface area contributed by atoms with Crippen LogP contribution in [0.3, 0.4) is 0 Å². The van der Waals surface area contributed by atoms with E-state index in [-0.39, 0.29) is 18.8 Å². The third kappa shape index (κ3) is 3.70. The average Bonchev–Trinajstić information content (AvgIpc) is 2.47. The van der Waals surface area contributed by atoms with E-state index in [1.54, 1.807) is 19.2 Å². The minimum atomic E-state index is -0.302. The molecule has 0 unspecified atom stereocenters. The maximum atomic E-state index is 12.0. The summed E-state index contributed by atoms with van der Waals surface area (Å²) < 4.78 is 5.50. The molecule has 1 saturated carbocycles. The zero-order valence-electron chi connectivity index (χ0n) is 11.3. The first kappa shape index (κ1) is 13.9. The highest BCUT2D eigenvalue weighted by Gasteiger charge is 2.20. The van der Waals surface area contributed by atoms with E-state index in [2.05, 4.69) is 0 Å². The lowest BCUT2D eigenvalue weighted by molar-refractivity contribution is 0.0818. The Hall–Kier alpha value is -1.55. The summed E-state index contributed by atoms with van der Waals surface area (Å²) in [5.41, 5.74) is 1.61. The fourth-order valence-corrected chi connectivity index (χ4v) is 2.33. The van der Waals surface area contributed by atoms with Gasteiger partial charge < -0.3 is 9.84 Å². The van der Waals surface area contributed by atoms with Crippen molar-refractivity contribution in [3.63, 3.8) is 0 Å². The Kier molecular flexibility index (Phi) is 4.80. The molecule has 1 N–H and O–H groups in total. The third-order valence-electron chi connectivity index (χ3n) is 3.60. The van der Waals surface area contributed by atoms with Gasteiger partial charge in [0.25, 0.3) is 0 Å². The molecule has 0 atom stereocenters. The molecule has 0 spiro atoms. The van der Waals surface area contributed by atoms with E-state index in [9.17, 15) is 4.79 Å². The summed E-state index contributed by atoms with van der Waals surface area (Å²) in [6, 6.07) is 7.24. The molecule has 1 amide bonds. The Morgan fingerprint density at radius 3 is 2.47 bits per heavy atom. The zero-order chi connectivity index (χ0) is 13.7. The van der Waals surface area contributed by atoms with E-state index in [0.29, 0.717) is 0 Å². The van der Waals surface area contributed by atoms with E-state index in [1.807, 2.05) is 12.1 Å². The maximum absolute atomic E-state index is 12.0. The average molecular weight is 263 g/mol. The Bertz CT molecular complexity index is 410. The number of benzene rings is 1. The quantitative estimate of drug-likeness (QED) is 0.911. The lowest BCUT2D eigenvalue weighted by atomic mass is 9.98. The van der Waals surface area contributed by atoms with Crippen LogP contribution >= 0.6 is 0 Å². The number of amides is 1. The van der Waals surface area contributed by atoms with Gasteiger partial charge in [0.1, 0.15) is 6.10 Å².